The summed E-state index contributed by atoms with van der Waals surface area (Å²) >= 11 is 0. The van der Waals surface area contributed by atoms with Crippen LogP contribution in [0.3, 0.4) is 0 Å². The Bertz CT molecular complexity index is 815. The van der Waals surface area contributed by atoms with Gasteiger partial charge in [-0.3, -0.25) is 4.79 Å². The minimum absolute atomic E-state index is 0.199. The van der Waals surface area contributed by atoms with E-state index in [-0.39, 0.29) is 5.91 Å². The van der Waals surface area contributed by atoms with E-state index in [1.54, 1.807) is 16.8 Å². The fourth-order valence-corrected chi connectivity index (χ4v) is 2.42. The summed E-state index contributed by atoms with van der Waals surface area (Å²) < 4.78 is 1.56. The second kappa shape index (κ2) is 5.01. The minimum atomic E-state index is -0.199. The number of amides is 1. The summed E-state index contributed by atoms with van der Waals surface area (Å²) in [6.07, 6.45) is 1.62. The van der Waals surface area contributed by atoms with Crippen molar-refractivity contribution in [3.05, 3.63) is 59.0 Å². The molecule has 21 heavy (non-hydrogen) atoms. The Kier molecular flexibility index (Phi) is 3.17. The lowest BCUT2D eigenvalue weighted by Crippen LogP contribution is -2.17. The number of aromatic nitrogens is 3. The van der Waals surface area contributed by atoms with E-state index in [1.165, 1.54) is 0 Å². The third-order valence-electron chi connectivity index (χ3n) is 3.19. The average molecular weight is 280 g/mol. The highest BCUT2D eigenvalue weighted by molar-refractivity contribution is 6.03. The molecule has 3 rings (SSSR count). The van der Waals surface area contributed by atoms with Gasteiger partial charge in [-0.1, -0.05) is 6.07 Å². The molecule has 0 saturated carbocycles. The molecule has 5 heteroatoms. The van der Waals surface area contributed by atoms with Crippen molar-refractivity contribution in [2.45, 2.75) is 20.8 Å². The lowest BCUT2D eigenvalue weighted by Gasteiger charge is -2.08. The largest absolute Gasteiger partial charge is 0.321 e. The van der Waals surface area contributed by atoms with Crippen LogP contribution in [0.1, 0.15) is 27.3 Å². The molecular formula is C16H16N4O. The number of fused-ring (bicyclic) bond motifs is 1. The zero-order valence-electron chi connectivity index (χ0n) is 12.2. The number of nitrogens with one attached hydrogen (secondary N) is 1. The van der Waals surface area contributed by atoms with Gasteiger partial charge >= 0.3 is 0 Å². The van der Waals surface area contributed by atoms with Crippen molar-refractivity contribution in [3.8, 4) is 0 Å². The van der Waals surface area contributed by atoms with Gasteiger partial charge in [-0.05, 0) is 50.1 Å². The van der Waals surface area contributed by atoms with Crippen molar-refractivity contribution in [1.29, 1.82) is 0 Å². The fraction of sp³-hybridized carbons (Fsp3) is 0.188. The monoisotopic (exact) mass is 280 g/mol. The van der Waals surface area contributed by atoms with E-state index >= 15 is 0 Å². The number of rotatable bonds is 2. The van der Waals surface area contributed by atoms with Crippen LogP contribution in [0.5, 0.6) is 0 Å². The van der Waals surface area contributed by atoms with Crippen molar-refractivity contribution >= 4 is 17.2 Å². The second-order valence-electron chi connectivity index (χ2n) is 5.22. The van der Waals surface area contributed by atoms with Gasteiger partial charge in [0.2, 0.25) is 0 Å². The number of carbonyl (C=O) groups excluding carboxylic acids is 1. The summed E-state index contributed by atoms with van der Waals surface area (Å²) in [5.41, 5.74) is 4.97. The smallest absolute Gasteiger partial charge is 0.274 e. The fourth-order valence-electron chi connectivity index (χ4n) is 2.42. The topological polar surface area (TPSA) is 59.3 Å². The zero-order valence-corrected chi connectivity index (χ0v) is 12.2. The van der Waals surface area contributed by atoms with Gasteiger partial charge in [0, 0.05) is 18.0 Å². The van der Waals surface area contributed by atoms with Crippen LogP contribution in [0, 0.1) is 20.8 Å². The molecule has 2 heterocycles. The molecule has 0 radical (unpaired) electrons. The van der Waals surface area contributed by atoms with Gasteiger partial charge in [-0.15, -0.1) is 0 Å². The van der Waals surface area contributed by atoms with Crippen LogP contribution in [0.4, 0.5) is 5.69 Å². The number of hydrogen-bond acceptors (Lipinski definition) is 3. The third-order valence-corrected chi connectivity index (χ3v) is 3.19. The van der Waals surface area contributed by atoms with E-state index in [2.05, 4.69) is 21.5 Å². The van der Waals surface area contributed by atoms with Gasteiger partial charge in [-0.2, -0.15) is 5.10 Å². The molecule has 0 spiro atoms. The molecule has 0 atom stereocenters. The number of anilines is 1. The third kappa shape index (κ3) is 2.63. The molecular weight excluding hydrogens is 264 g/mol. The van der Waals surface area contributed by atoms with Crippen molar-refractivity contribution in [1.82, 2.24) is 14.6 Å². The second-order valence-corrected chi connectivity index (χ2v) is 5.22. The highest BCUT2D eigenvalue weighted by Gasteiger charge is 2.12. The molecule has 0 unspecified atom stereocenters. The van der Waals surface area contributed by atoms with Crippen LogP contribution < -0.4 is 5.32 Å². The molecule has 1 amide bonds. The highest BCUT2D eigenvalue weighted by atomic mass is 16.2. The van der Waals surface area contributed by atoms with Crippen molar-refractivity contribution in [2.24, 2.45) is 0 Å². The van der Waals surface area contributed by atoms with Crippen molar-refractivity contribution in [3.63, 3.8) is 0 Å². The molecule has 0 saturated heterocycles. The first-order valence-electron chi connectivity index (χ1n) is 6.74. The molecule has 5 nitrogen and oxygen atoms in total. The van der Waals surface area contributed by atoms with Crippen molar-refractivity contribution < 1.29 is 4.79 Å². The predicted molar refractivity (Wildman–Crippen MR) is 81.6 cm³/mol. The van der Waals surface area contributed by atoms with Crippen LogP contribution in [-0.2, 0) is 0 Å². The number of nitrogens with zero attached hydrogens (tertiary/aromatic N) is 3. The first kappa shape index (κ1) is 13.3. The Hall–Kier alpha value is -2.69. The molecule has 3 aromatic rings. The first-order valence-corrected chi connectivity index (χ1v) is 6.74. The standard InChI is InChI=1S/C16H16N4O/c1-10-6-11(2)8-13(7-10)18-16(21)14-4-5-17-15-9-12(3)19-20(14)15/h4-9H,1-3H3,(H,18,21). The van der Waals surface area contributed by atoms with Gasteiger partial charge in [0.15, 0.2) is 5.65 Å². The Labute approximate surface area is 122 Å². The lowest BCUT2D eigenvalue weighted by molar-refractivity contribution is 0.102. The summed E-state index contributed by atoms with van der Waals surface area (Å²) in [6, 6.07) is 9.46. The molecule has 0 aliphatic heterocycles. The molecule has 1 aromatic carbocycles. The normalized spacial score (nSPS) is 10.8. The highest BCUT2D eigenvalue weighted by Crippen LogP contribution is 2.15. The van der Waals surface area contributed by atoms with E-state index in [1.807, 2.05) is 39.0 Å². The number of benzene rings is 1. The molecule has 106 valence electrons. The number of aryl methyl sites for hydroxylation is 3. The summed E-state index contributed by atoms with van der Waals surface area (Å²) in [5, 5.41) is 7.22. The molecule has 1 N–H and O–H groups in total. The molecule has 0 aliphatic carbocycles. The van der Waals surface area contributed by atoms with Gasteiger partial charge in [0.05, 0.1) is 5.69 Å². The van der Waals surface area contributed by atoms with Gasteiger partial charge in [-0.25, -0.2) is 9.50 Å². The van der Waals surface area contributed by atoms with Gasteiger partial charge < -0.3 is 5.32 Å². The quantitative estimate of drug-likeness (QED) is 0.785. The summed E-state index contributed by atoms with van der Waals surface area (Å²) in [6.45, 7) is 5.88. The summed E-state index contributed by atoms with van der Waals surface area (Å²) in [4.78, 5) is 16.7. The minimum Gasteiger partial charge on any atom is -0.321 e. The number of hydrogen-bond donors (Lipinski definition) is 1. The maximum Gasteiger partial charge on any atom is 0.274 e. The molecule has 2 aromatic heterocycles. The van der Waals surface area contributed by atoms with E-state index in [0.717, 1.165) is 22.5 Å². The van der Waals surface area contributed by atoms with E-state index in [9.17, 15) is 4.79 Å². The Morgan fingerprint density at radius 3 is 2.52 bits per heavy atom. The molecule has 0 bridgehead atoms. The lowest BCUT2D eigenvalue weighted by atomic mass is 10.1. The summed E-state index contributed by atoms with van der Waals surface area (Å²) in [5.74, 6) is -0.199. The summed E-state index contributed by atoms with van der Waals surface area (Å²) in [7, 11) is 0. The predicted octanol–water partition coefficient (Wildman–Crippen LogP) is 2.91. The zero-order chi connectivity index (χ0) is 15.0. The molecule has 0 aliphatic rings. The molecule has 0 fully saturated rings. The van der Waals surface area contributed by atoms with Crippen molar-refractivity contribution in [2.75, 3.05) is 5.32 Å². The maximum absolute atomic E-state index is 12.5. The Balaban J connectivity index is 1.97. The first-order chi connectivity index (χ1) is 10.0. The van der Waals surface area contributed by atoms with E-state index < -0.39 is 0 Å². The SMILES string of the molecule is Cc1cc(C)cc(NC(=O)c2ccnc3cc(C)nn23)c1. The van der Waals surface area contributed by atoms with Crippen LogP contribution in [0.25, 0.3) is 5.65 Å². The Morgan fingerprint density at radius 2 is 1.81 bits per heavy atom. The number of carbonyl (C=O) groups is 1. The van der Waals surface area contributed by atoms with E-state index in [4.69, 9.17) is 0 Å². The van der Waals surface area contributed by atoms with Crippen LogP contribution in [0.2, 0.25) is 0 Å². The van der Waals surface area contributed by atoms with E-state index in [0.29, 0.717) is 11.3 Å². The van der Waals surface area contributed by atoms with Crippen LogP contribution in [-0.4, -0.2) is 20.5 Å². The van der Waals surface area contributed by atoms with Crippen LogP contribution in [0.15, 0.2) is 36.5 Å². The maximum atomic E-state index is 12.5. The van der Waals surface area contributed by atoms with Gasteiger partial charge in [0.1, 0.15) is 5.69 Å². The average Bonchev–Trinajstić information content (AvgIpc) is 2.77. The van der Waals surface area contributed by atoms with Crippen LogP contribution >= 0.6 is 0 Å². The van der Waals surface area contributed by atoms with Gasteiger partial charge in [0.25, 0.3) is 5.91 Å². The Morgan fingerprint density at radius 1 is 1.10 bits per heavy atom.